The van der Waals surface area contributed by atoms with Gasteiger partial charge in [0, 0.05) is 11.5 Å². The van der Waals surface area contributed by atoms with Gasteiger partial charge in [0.2, 0.25) is 0 Å². The van der Waals surface area contributed by atoms with Crippen LogP contribution in [0.5, 0.6) is 0 Å². The second-order valence-corrected chi connectivity index (χ2v) is 7.13. The molecule has 0 radical (unpaired) electrons. The summed E-state index contributed by atoms with van der Waals surface area (Å²) < 4.78 is 28.9. The van der Waals surface area contributed by atoms with Gasteiger partial charge in [-0.25, -0.2) is 0 Å². The highest BCUT2D eigenvalue weighted by Gasteiger charge is 2.14. The SMILES string of the molecule is Cc1ccc(S(=O)(=O)OCCCCCCCCCN=[N+]=[N-])cc1. The quantitative estimate of drug-likeness (QED) is 0.181. The predicted octanol–water partition coefficient (Wildman–Crippen LogP) is 4.74. The normalized spacial score (nSPS) is 11.2. The van der Waals surface area contributed by atoms with E-state index >= 15 is 0 Å². The third kappa shape index (κ3) is 8.59. The van der Waals surface area contributed by atoms with Crippen LogP contribution in [0, 0.1) is 6.92 Å². The summed E-state index contributed by atoms with van der Waals surface area (Å²) in [7, 11) is -3.63. The van der Waals surface area contributed by atoms with Gasteiger partial charge in [0.25, 0.3) is 10.1 Å². The molecule has 0 aliphatic heterocycles. The lowest BCUT2D eigenvalue weighted by Crippen LogP contribution is -2.07. The summed E-state index contributed by atoms with van der Waals surface area (Å²) in [6, 6.07) is 6.67. The lowest BCUT2D eigenvalue weighted by atomic mass is 10.1. The van der Waals surface area contributed by atoms with Gasteiger partial charge in [0.15, 0.2) is 0 Å². The Labute approximate surface area is 138 Å². The Morgan fingerprint density at radius 2 is 1.57 bits per heavy atom. The Morgan fingerprint density at radius 3 is 2.17 bits per heavy atom. The van der Waals surface area contributed by atoms with Crippen molar-refractivity contribution in [2.24, 2.45) is 5.11 Å². The van der Waals surface area contributed by atoms with E-state index in [9.17, 15) is 8.42 Å². The number of azide groups is 1. The number of unbranched alkanes of at least 4 members (excludes halogenated alkanes) is 6. The zero-order chi connectivity index (χ0) is 17.0. The Bertz CT molecular complexity index is 594. The third-order valence-corrected chi connectivity index (χ3v) is 4.84. The van der Waals surface area contributed by atoms with Crippen LogP contribution in [-0.4, -0.2) is 21.6 Å². The van der Waals surface area contributed by atoms with E-state index in [1.807, 2.05) is 6.92 Å². The van der Waals surface area contributed by atoms with Crippen LogP contribution in [0.2, 0.25) is 0 Å². The molecule has 23 heavy (non-hydrogen) atoms. The highest BCUT2D eigenvalue weighted by molar-refractivity contribution is 7.86. The van der Waals surface area contributed by atoms with E-state index in [0.717, 1.165) is 50.5 Å². The molecule has 1 aromatic carbocycles. The van der Waals surface area contributed by atoms with Crippen molar-refractivity contribution in [2.75, 3.05) is 13.2 Å². The first-order chi connectivity index (χ1) is 11.1. The van der Waals surface area contributed by atoms with E-state index in [4.69, 9.17) is 9.71 Å². The monoisotopic (exact) mass is 339 g/mol. The first kappa shape index (κ1) is 19.5. The molecule has 7 heteroatoms. The van der Waals surface area contributed by atoms with Gasteiger partial charge in [-0.05, 0) is 37.4 Å². The number of nitrogens with zero attached hydrogens (tertiary/aromatic N) is 3. The molecule has 0 aromatic heterocycles. The molecule has 0 atom stereocenters. The second-order valence-electron chi connectivity index (χ2n) is 5.52. The Hall–Kier alpha value is -1.56. The molecular formula is C16H25N3O3S. The number of benzene rings is 1. The van der Waals surface area contributed by atoms with Crippen molar-refractivity contribution in [3.63, 3.8) is 0 Å². The minimum atomic E-state index is -3.63. The van der Waals surface area contributed by atoms with Crippen molar-refractivity contribution < 1.29 is 12.6 Å². The van der Waals surface area contributed by atoms with Crippen LogP contribution in [0.15, 0.2) is 34.3 Å². The van der Waals surface area contributed by atoms with Gasteiger partial charge < -0.3 is 0 Å². The maximum absolute atomic E-state index is 11.9. The Kier molecular flexibility index (Phi) is 9.36. The van der Waals surface area contributed by atoms with Gasteiger partial charge in [-0.3, -0.25) is 4.18 Å². The smallest absolute Gasteiger partial charge is 0.266 e. The molecule has 0 saturated heterocycles. The second kappa shape index (κ2) is 11.0. The van der Waals surface area contributed by atoms with Crippen LogP contribution < -0.4 is 0 Å². The summed E-state index contributed by atoms with van der Waals surface area (Å²) in [5.41, 5.74) is 9.15. The maximum Gasteiger partial charge on any atom is 0.296 e. The van der Waals surface area contributed by atoms with Crippen LogP contribution in [0.25, 0.3) is 10.4 Å². The van der Waals surface area contributed by atoms with Gasteiger partial charge in [0.05, 0.1) is 11.5 Å². The highest BCUT2D eigenvalue weighted by Crippen LogP contribution is 2.14. The Balaban J connectivity index is 2.08. The average Bonchev–Trinajstić information content (AvgIpc) is 2.53. The molecule has 0 amide bonds. The standard InChI is InChI=1S/C16H25N3O3S/c1-15-9-11-16(12-10-15)23(20,21)22-14-8-6-4-2-3-5-7-13-18-19-17/h9-12H,2-8,13-14H2,1H3. The van der Waals surface area contributed by atoms with Gasteiger partial charge in [-0.2, -0.15) is 8.42 Å². The molecule has 0 aliphatic rings. The first-order valence-electron chi connectivity index (χ1n) is 8.03. The van der Waals surface area contributed by atoms with Crippen LogP contribution >= 0.6 is 0 Å². The minimum Gasteiger partial charge on any atom is -0.266 e. The summed E-state index contributed by atoms with van der Waals surface area (Å²) in [6.07, 6.45) is 6.99. The Morgan fingerprint density at radius 1 is 1.00 bits per heavy atom. The van der Waals surface area contributed by atoms with Crippen LogP contribution in [0.3, 0.4) is 0 Å². The van der Waals surface area contributed by atoms with Crippen molar-refractivity contribution in [3.05, 3.63) is 40.3 Å². The van der Waals surface area contributed by atoms with Crippen molar-refractivity contribution in [2.45, 2.75) is 56.8 Å². The fourth-order valence-corrected chi connectivity index (χ4v) is 3.10. The summed E-state index contributed by atoms with van der Waals surface area (Å²) >= 11 is 0. The van der Waals surface area contributed by atoms with E-state index in [1.165, 1.54) is 0 Å². The van der Waals surface area contributed by atoms with Gasteiger partial charge in [0.1, 0.15) is 0 Å². The molecule has 0 bridgehead atoms. The van der Waals surface area contributed by atoms with Gasteiger partial charge in [-0.15, -0.1) is 0 Å². The molecule has 6 nitrogen and oxygen atoms in total. The molecule has 0 spiro atoms. The van der Waals surface area contributed by atoms with Crippen molar-refractivity contribution in [3.8, 4) is 0 Å². The summed E-state index contributed by atoms with van der Waals surface area (Å²) in [5.74, 6) is 0. The molecule has 0 unspecified atom stereocenters. The molecule has 128 valence electrons. The third-order valence-electron chi connectivity index (χ3n) is 3.51. The molecule has 0 heterocycles. The number of rotatable bonds is 12. The average molecular weight is 339 g/mol. The van der Waals surface area contributed by atoms with Gasteiger partial charge >= 0.3 is 0 Å². The van der Waals surface area contributed by atoms with Crippen LogP contribution in [-0.2, 0) is 14.3 Å². The lowest BCUT2D eigenvalue weighted by molar-refractivity contribution is 0.306. The van der Waals surface area contributed by atoms with Crippen LogP contribution in [0.1, 0.15) is 50.5 Å². The lowest BCUT2D eigenvalue weighted by Gasteiger charge is -2.06. The van der Waals surface area contributed by atoms with Crippen molar-refractivity contribution in [1.29, 1.82) is 0 Å². The molecule has 0 fully saturated rings. The number of hydrogen-bond donors (Lipinski definition) is 0. The largest absolute Gasteiger partial charge is 0.296 e. The van der Waals surface area contributed by atoms with Gasteiger partial charge in [-0.1, -0.05) is 54.9 Å². The topological polar surface area (TPSA) is 92.1 Å². The van der Waals surface area contributed by atoms with Crippen molar-refractivity contribution in [1.82, 2.24) is 0 Å². The molecule has 0 N–H and O–H groups in total. The van der Waals surface area contributed by atoms with E-state index in [0.29, 0.717) is 6.54 Å². The fourth-order valence-electron chi connectivity index (χ4n) is 2.15. The van der Waals surface area contributed by atoms with E-state index < -0.39 is 10.1 Å². The number of hydrogen-bond acceptors (Lipinski definition) is 4. The minimum absolute atomic E-state index is 0.211. The summed E-state index contributed by atoms with van der Waals surface area (Å²) in [5, 5.41) is 3.49. The molecular weight excluding hydrogens is 314 g/mol. The van der Waals surface area contributed by atoms with Crippen LogP contribution in [0.4, 0.5) is 0 Å². The molecule has 1 rings (SSSR count). The zero-order valence-corrected chi connectivity index (χ0v) is 14.5. The molecule has 0 aliphatic carbocycles. The van der Waals surface area contributed by atoms with E-state index in [2.05, 4.69) is 10.0 Å². The van der Waals surface area contributed by atoms with E-state index in [1.54, 1.807) is 24.3 Å². The number of aryl methyl sites for hydroxylation is 1. The maximum atomic E-state index is 11.9. The predicted molar refractivity (Wildman–Crippen MR) is 90.6 cm³/mol. The summed E-state index contributed by atoms with van der Waals surface area (Å²) in [4.78, 5) is 2.92. The molecule has 1 aromatic rings. The fraction of sp³-hybridized carbons (Fsp3) is 0.625. The first-order valence-corrected chi connectivity index (χ1v) is 9.44. The summed E-state index contributed by atoms with van der Waals surface area (Å²) in [6.45, 7) is 2.71. The zero-order valence-electron chi connectivity index (χ0n) is 13.6. The molecule has 0 saturated carbocycles. The van der Waals surface area contributed by atoms with E-state index in [-0.39, 0.29) is 11.5 Å². The highest BCUT2D eigenvalue weighted by atomic mass is 32.2. The van der Waals surface area contributed by atoms with Crippen molar-refractivity contribution >= 4 is 10.1 Å².